The minimum absolute atomic E-state index is 0.000123. The number of para-hydroxylation sites is 1. The van der Waals surface area contributed by atoms with E-state index in [2.05, 4.69) is 15.5 Å². The lowest BCUT2D eigenvalue weighted by atomic mass is 10.1. The summed E-state index contributed by atoms with van der Waals surface area (Å²) in [6.07, 6.45) is 0.283. The van der Waals surface area contributed by atoms with E-state index in [0.717, 1.165) is 17.0 Å². The Hall–Kier alpha value is -2.71. The van der Waals surface area contributed by atoms with Crippen LogP contribution < -0.4 is 10.2 Å². The molecule has 0 saturated carbocycles. The van der Waals surface area contributed by atoms with Crippen molar-refractivity contribution in [3.05, 3.63) is 57.6 Å². The second-order valence-corrected chi connectivity index (χ2v) is 7.46. The Morgan fingerprint density at radius 3 is 2.77 bits per heavy atom. The normalized spacial score (nSPS) is 16.9. The molecule has 1 fully saturated rings. The first kappa shape index (κ1) is 16.7. The average molecular weight is 389 g/mol. The second-order valence-electron chi connectivity index (χ2n) is 5.74. The molecule has 1 aliphatic rings. The van der Waals surface area contributed by atoms with Gasteiger partial charge in [-0.15, -0.1) is 16.4 Å². The number of rotatable bonds is 4. The second kappa shape index (κ2) is 6.89. The molecule has 9 heteroatoms. The van der Waals surface area contributed by atoms with Crippen LogP contribution in [0.5, 0.6) is 0 Å². The molecule has 0 unspecified atom stereocenters. The van der Waals surface area contributed by atoms with Gasteiger partial charge in [0.15, 0.2) is 0 Å². The molecule has 0 spiro atoms. The molecule has 1 aliphatic heterocycles. The summed E-state index contributed by atoms with van der Waals surface area (Å²) in [7, 11) is 0. The fraction of sp³-hybridized carbons (Fsp3) is 0.176. The molecule has 0 radical (unpaired) electrons. The minimum Gasteiger partial charge on any atom is -0.407 e. The molecule has 4 rings (SSSR count). The van der Waals surface area contributed by atoms with Gasteiger partial charge in [0.05, 0.1) is 15.1 Å². The van der Waals surface area contributed by atoms with E-state index in [-0.39, 0.29) is 30.2 Å². The first-order valence-corrected chi connectivity index (χ1v) is 9.05. The highest BCUT2D eigenvalue weighted by Gasteiger charge is 2.35. The van der Waals surface area contributed by atoms with Gasteiger partial charge in [-0.1, -0.05) is 34.9 Å². The summed E-state index contributed by atoms with van der Waals surface area (Å²) in [6.45, 7) is 0.457. The maximum atomic E-state index is 12.3. The molecule has 7 nitrogen and oxygen atoms in total. The van der Waals surface area contributed by atoms with E-state index in [1.165, 1.54) is 0 Å². The molecule has 2 amide bonds. The number of amides is 2. The summed E-state index contributed by atoms with van der Waals surface area (Å²) in [4.78, 5) is 26.5. The van der Waals surface area contributed by atoms with Gasteiger partial charge < -0.3 is 9.32 Å². The molecule has 1 saturated heterocycles. The van der Waals surface area contributed by atoms with Crippen molar-refractivity contribution in [1.82, 2.24) is 10.2 Å². The van der Waals surface area contributed by atoms with Crippen LogP contribution in [-0.4, -0.2) is 28.6 Å². The molecule has 132 valence electrons. The lowest BCUT2D eigenvalue weighted by Gasteiger charge is -2.15. The third kappa shape index (κ3) is 3.33. The smallest absolute Gasteiger partial charge is 0.322 e. The van der Waals surface area contributed by atoms with Gasteiger partial charge in [-0.25, -0.2) is 0 Å². The molecule has 2 aromatic heterocycles. The fourth-order valence-corrected chi connectivity index (χ4v) is 3.71. The predicted octanol–water partition coefficient (Wildman–Crippen LogP) is 3.56. The SMILES string of the molecule is O=C(Nc1nnc([C@@H]2CC(=O)N(c3ccccc3)C2)o1)c1ccc(Cl)s1. The largest absolute Gasteiger partial charge is 0.407 e. The highest BCUT2D eigenvalue weighted by molar-refractivity contribution is 7.18. The van der Waals surface area contributed by atoms with E-state index < -0.39 is 0 Å². The van der Waals surface area contributed by atoms with Gasteiger partial charge in [-0.3, -0.25) is 14.9 Å². The van der Waals surface area contributed by atoms with Gasteiger partial charge in [-0.2, -0.15) is 0 Å². The number of carbonyl (C=O) groups excluding carboxylic acids is 2. The molecule has 1 aromatic carbocycles. The standard InChI is InChI=1S/C17H13ClN4O3S/c18-13-7-6-12(26-13)15(24)19-17-21-20-16(25-17)10-8-14(23)22(9-10)11-4-2-1-3-5-11/h1-7,10H,8-9H2,(H,19,21,24)/t10-/m1/s1. The third-order valence-electron chi connectivity index (χ3n) is 4.00. The summed E-state index contributed by atoms with van der Waals surface area (Å²) < 4.78 is 6.06. The number of nitrogens with zero attached hydrogens (tertiary/aromatic N) is 3. The van der Waals surface area contributed by atoms with Crippen molar-refractivity contribution < 1.29 is 14.0 Å². The molecule has 26 heavy (non-hydrogen) atoms. The highest BCUT2D eigenvalue weighted by atomic mass is 35.5. The van der Waals surface area contributed by atoms with Crippen LogP contribution in [0.15, 0.2) is 46.9 Å². The average Bonchev–Trinajstić information content (AvgIpc) is 3.36. The molecule has 0 bridgehead atoms. The maximum absolute atomic E-state index is 12.3. The molecule has 1 N–H and O–H groups in total. The fourth-order valence-electron chi connectivity index (χ4n) is 2.78. The van der Waals surface area contributed by atoms with Crippen LogP contribution in [0.25, 0.3) is 0 Å². The van der Waals surface area contributed by atoms with E-state index in [1.54, 1.807) is 17.0 Å². The third-order valence-corrected chi connectivity index (χ3v) is 5.23. The molecule has 3 aromatic rings. The number of aromatic nitrogens is 2. The van der Waals surface area contributed by atoms with Crippen LogP contribution in [-0.2, 0) is 4.79 Å². The van der Waals surface area contributed by atoms with Crippen molar-refractivity contribution in [3.63, 3.8) is 0 Å². The molecule has 3 heterocycles. The van der Waals surface area contributed by atoms with Crippen LogP contribution in [0.4, 0.5) is 11.7 Å². The Bertz CT molecular complexity index is 956. The number of hydrogen-bond acceptors (Lipinski definition) is 6. The van der Waals surface area contributed by atoms with Crippen molar-refractivity contribution in [3.8, 4) is 0 Å². The summed E-state index contributed by atoms with van der Waals surface area (Å²) in [6, 6.07) is 12.7. The van der Waals surface area contributed by atoms with Crippen molar-refractivity contribution in [2.24, 2.45) is 0 Å². The Kier molecular flexibility index (Phi) is 4.44. The van der Waals surface area contributed by atoms with Gasteiger partial charge in [0, 0.05) is 18.7 Å². The zero-order valence-corrected chi connectivity index (χ0v) is 15.0. The topological polar surface area (TPSA) is 88.3 Å². The Labute approximate surface area is 157 Å². The Morgan fingerprint density at radius 2 is 2.04 bits per heavy atom. The van der Waals surface area contributed by atoms with Crippen molar-refractivity contribution in [2.75, 3.05) is 16.8 Å². The molecule has 0 aliphatic carbocycles. The minimum atomic E-state index is -0.370. The van der Waals surface area contributed by atoms with E-state index >= 15 is 0 Å². The number of carbonyl (C=O) groups is 2. The van der Waals surface area contributed by atoms with Crippen LogP contribution in [0, 0.1) is 0 Å². The summed E-state index contributed by atoms with van der Waals surface area (Å²) in [5, 5.41) is 10.4. The number of thiophene rings is 1. The Balaban J connectivity index is 1.45. The van der Waals surface area contributed by atoms with Crippen LogP contribution in [0.3, 0.4) is 0 Å². The van der Waals surface area contributed by atoms with E-state index in [1.807, 2.05) is 30.3 Å². The monoisotopic (exact) mass is 388 g/mol. The first-order valence-electron chi connectivity index (χ1n) is 7.85. The lowest BCUT2D eigenvalue weighted by Crippen LogP contribution is -2.24. The zero-order chi connectivity index (χ0) is 18.1. The van der Waals surface area contributed by atoms with Crippen LogP contribution >= 0.6 is 22.9 Å². The summed E-state index contributed by atoms with van der Waals surface area (Å²) in [5.74, 6) is -0.253. The molecular formula is C17H13ClN4O3S. The summed E-state index contributed by atoms with van der Waals surface area (Å²) >= 11 is 6.98. The number of hydrogen-bond donors (Lipinski definition) is 1. The van der Waals surface area contributed by atoms with Crippen LogP contribution in [0.2, 0.25) is 4.34 Å². The zero-order valence-electron chi connectivity index (χ0n) is 13.4. The van der Waals surface area contributed by atoms with Crippen LogP contribution in [0.1, 0.15) is 27.9 Å². The molecule has 1 atom stereocenters. The predicted molar refractivity (Wildman–Crippen MR) is 97.7 cm³/mol. The van der Waals surface area contributed by atoms with E-state index in [0.29, 0.717) is 21.6 Å². The highest BCUT2D eigenvalue weighted by Crippen LogP contribution is 2.31. The summed E-state index contributed by atoms with van der Waals surface area (Å²) in [5.41, 5.74) is 0.836. The number of halogens is 1. The van der Waals surface area contributed by atoms with Gasteiger partial charge in [0.1, 0.15) is 0 Å². The van der Waals surface area contributed by atoms with Crippen molar-refractivity contribution in [1.29, 1.82) is 0 Å². The lowest BCUT2D eigenvalue weighted by molar-refractivity contribution is -0.117. The van der Waals surface area contributed by atoms with Gasteiger partial charge in [0.2, 0.25) is 11.8 Å². The number of benzene rings is 1. The van der Waals surface area contributed by atoms with Gasteiger partial charge >= 0.3 is 6.01 Å². The number of nitrogens with one attached hydrogen (secondary N) is 1. The Morgan fingerprint density at radius 1 is 1.23 bits per heavy atom. The molecular weight excluding hydrogens is 376 g/mol. The van der Waals surface area contributed by atoms with E-state index in [9.17, 15) is 9.59 Å². The van der Waals surface area contributed by atoms with Crippen molar-refractivity contribution in [2.45, 2.75) is 12.3 Å². The van der Waals surface area contributed by atoms with Gasteiger partial charge in [0.25, 0.3) is 5.91 Å². The quantitative estimate of drug-likeness (QED) is 0.738. The maximum Gasteiger partial charge on any atom is 0.322 e. The van der Waals surface area contributed by atoms with Gasteiger partial charge in [-0.05, 0) is 24.3 Å². The first-order chi connectivity index (χ1) is 12.6. The van der Waals surface area contributed by atoms with Crippen molar-refractivity contribution >= 4 is 46.5 Å². The number of anilines is 2. The van der Waals surface area contributed by atoms with E-state index in [4.69, 9.17) is 16.0 Å².